The number of hydrogen-bond acceptors (Lipinski definition) is 3. The van der Waals surface area contributed by atoms with Gasteiger partial charge in [-0.25, -0.2) is 4.98 Å². The molecule has 0 bridgehead atoms. The molecule has 0 aliphatic carbocycles. The number of nitrogens with zero attached hydrogens (tertiary/aromatic N) is 3. The molecule has 0 radical (unpaired) electrons. The van der Waals surface area contributed by atoms with Crippen molar-refractivity contribution in [3.05, 3.63) is 23.9 Å². The lowest BCUT2D eigenvalue weighted by Crippen LogP contribution is -2.38. The van der Waals surface area contributed by atoms with Crippen molar-refractivity contribution in [1.82, 2.24) is 4.98 Å². The number of nitriles is 1. The minimum absolute atomic E-state index is 0.168. The first kappa shape index (κ1) is 9.97. The number of aromatic nitrogens is 1. The second-order valence-electron chi connectivity index (χ2n) is 4.56. The monoisotopic (exact) mass is 201 g/mol. The molecule has 1 fully saturated rings. The van der Waals surface area contributed by atoms with Crippen molar-refractivity contribution in [3.63, 3.8) is 0 Å². The van der Waals surface area contributed by atoms with Gasteiger partial charge < -0.3 is 4.90 Å². The van der Waals surface area contributed by atoms with Crippen LogP contribution in [0, 0.1) is 11.3 Å². The molecule has 78 valence electrons. The standard InChI is InChI=1S/C12H15N3/c1-12(2)7-4-8-15(12)11-6-3-5-10(9-13)14-11/h3,5-6H,4,7-8H2,1-2H3. The van der Waals surface area contributed by atoms with E-state index in [0.29, 0.717) is 5.69 Å². The van der Waals surface area contributed by atoms with Crippen LogP contribution in [0.4, 0.5) is 5.82 Å². The molecule has 1 aliphatic rings. The first-order valence-electron chi connectivity index (χ1n) is 5.28. The van der Waals surface area contributed by atoms with Gasteiger partial charge in [-0.15, -0.1) is 0 Å². The summed E-state index contributed by atoms with van der Waals surface area (Å²) in [5, 5.41) is 8.80. The van der Waals surface area contributed by atoms with E-state index in [1.54, 1.807) is 6.07 Å². The van der Waals surface area contributed by atoms with Crippen molar-refractivity contribution in [2.45, 2.75) is 32.2 Å². The SMILES string of the molecule is CC1(C)CCCN1c1cccc(C#N)n1. The maximum Gasteiger partial charge on any atom is 0.142 e. The zero-order valence-electron chi connectivity index (χ0n) is 9.20. The summed E-state index contributed by atoms with van der Waals surface area (Å²) in [4.78, 5) is 6.62. The van der Waals surface area contributed by atoms with Crippen LogP contribution < -0.4 is 4.90 Å². The summed E-state index contributed by atoms with van der Waals surface area (Å²) in [5.41, 5.74) is 0.663. The summed E-state index contributed by atoms with van der Waals surface area (Å²) in [7, 11) is 0. The molecule has 0 N–H and O–H groups in total. The Bertz CT molecular complexity index is 404. The fourth-order valence-corrected chi connectivity index (χ4v) is 2.17. The summed E-state index contributed by atoms with van der Waals surface area (Å²) >= 11 is 0. The van der Waals surface area contributed by atoms with Crippen molar-refractivity contribution < 1.29 is 0 Å². The smallest absolute Gasteiger partial charge is 0.142 e. The molecule has 0 amide bonds. The third-order valence-corrected chi connectivity index (χ3v) is 3.03. The van der Waals surface area contributed by atoms with E-state index in [2.05, 4.69) is 29.8 Å². The molecule has 2 rings (SSSR count). The molecular weight excluding hydrogens is 186 g/mol. The highest BCUT2D eigenvalue weighted by Gasteiger charge is 2.32. The molecule has 15 heavy (non-hydrogen) atoms. The lowest BCUT2D eigenvalue weighted by molar-refractivity contribution is 0.514. The van der Waals surface area contributed by atoms with E-state index in [4.69, 9.17) is 5.26 Å². The Morgan fingerprint density at radius 2 is 2.27 bits per heavy atom. The summed E-state index contributed by atoms with van der Waals surface area (Å²) in [6.45, 7) is 5.48. The van der Waals surface area contributed by atoms with Crippen molar-refractivity contribution in [2.24, 2.45) is 0 Å². The van der Waals surface area contributed by atoms with E-state index in [1.165, 1.54) is 12.8 Å². The van der Waals surface area contributed by atoms with Crippen LogP contribution >= 0.6 is 0 Å². The predicted octanol–water partition coefficient (Wildman–Crippen LogP) is 2.33. The third-order valence-electron chi connectivity index (χ3n) is 3.03. The summed E-state index contributed by atoms with van der Waals surface area (Å²) < 4.78 is 0. The first-order chi connectivity index (χ1) is 7.13. The van der Waals surface area contributed by atoms with Gasteiger partial charge in [-0.2, -0.15) is 5.26 Å². The normalized spacial score (nSPS) is 18.9. The van der Waals surface area contributed by atoms with Gasteiger partial charge in [0.1, 0.15) is 17.6 Å². The maximum atomic E-state index is 8.80. The third kappa shape index (κ3) is 1.80. The van der Waals surface area contributed by atoms with E-state index in [-0.39, 0.29) is 5.54 Å². The van der Waals surface area contributed by atoms with Crippen LogP contribution in [-0.4, -0.2) is 17.1 Å². The van der Waals surface area contributed by atoms with E-state index < -0.39 is 0 Å². The van der Waals surface area contributed by atoms with Crippen LogP contribution in [0.25, 0.3) is 0 Å². The second-order valence-corrected chi connectivity index (χ2v) is 4.56. The van der Waals surface area contributed by atoms with Gasteiger partial charge in [-0.3, -0.25) is 0 Å². The van der Waals surface area contributed by atoms with Gasteiger partial charge >= 0.3 is 0 Å². The average Bonchev–Trinajstić information content (AvgIpc) is 2.58. The van der Waals surface area contributed by atoms with Crippen LogP contribution in [0.15, 0.2) is 18.2 Å². The minimum Gasteiger partial charge on any atom is -0.351 e. The summed E-state index contributed by atoms with van der Waals surface area (Å²) in [5.74, 6) is 0.927. The van der Waals surface area contributed by atoms with Gasteiger partial charge in [-0.1, -0.05) is 6.07 Å². The van der Waals surface area contributed by atoms with Gasteiger partial charge in [0.25, 0.3) is 0 Å². The van der Waals surface area contributed by atoms with E-state index >= 15 is 0 Å². The van der Waals surface area contributed by atoms with Crippen LogP contribution in [0.5, 0.6) is 0 Å². The Morgan fingerprint density at radius 1 is 1.47 bits per heavy atom. The highest BCUT2D eigenvalue weighted by atomic mass is 15.3. The highest BCUT2D eigenvalue weighted by molar-refractivity contribution is 5.45. The second kappa shape index (κ2) is 3.54. The summed E-state index contributed by atoms with van der Waals surface area (Å²) in [6.07, 6.45) is 2.39. The fourth-order valence-electron chi connectivity index (χ4n) is 2.17. The maximum absolute atomic E-state index is 8.80. The molecule has 1 saturated heterocycles. The van der Waals surface area contributed by atoms with Crippen molar-refractivity contribution >= 4 is 5.82 Å². The lowest BCUT2D eigenvalue weighted by Gasteiger charge is -2.32. The number of rotatable bonds is 1. The van der Waals surface area contributed by atoms with E-state index in [9.17, 15) is 0 Å². The quantitative estimate of drug-likeness (QED) is 0.700. The molecule has 0 unspecified atom stereocenters. The Kier molecular flexibility index (Phi) is 2.36. The van der Waals surface area contributed by atoms with Crippen molar-refractivity contribution in [1.29, 1.82) is 5.26 Å². The van der Waals surface area contributed by atoms with E-state index in [1.807, 2.05) is 12.1 Å². The molecule has 0 atom stereocenters. The Morgan fingerprint density at radius 3 is 2.87 bits per heavy atom. The zero-order chi connectivity index (χ0) is 10.9. The molecular formula is C12H15N3. The van der Waals surface area contributed by atoms with Gasteiger partial charge in [0, 0.05) is 12.1 Å². The predicted molar refractivity (Wildman–Crippen MR) is 59.6 cm³/mol. The molecule has 3 nitrogen and oxygen atoms in total. The van der Waals surface area contributed by atoms with Crippen LogP contribution in [0.2, 0.25) is 0 Å². The molecule has 1 aromatic heterocycles. The molecule has 3 heteroatoms. The van der Waals surface area contributed by atoms with Crippen LogP contribution in [0.1, 0.15) is 32.4 Å². The molecule has 1 aliphatic heterocycles. The molecule has 0 aromatic carbocycles. The number of anilines is 1. The lowest BCUT2D eigenvalue weighted by atomic mass is 10.0. The highest BCUT2D eigenvalue weighted by Crippen LogP contribution is 2.32. The molecule has 0 saturated carbocycles. The topological polar surface area (TPSA) is 39.9 Å². The molecule has 0 spiro atoms. The van der Waals surface area contributed by atoms with Crippen LogP contribution in [0.3, 0.4) is 0 Å². The van der Waals surface area contributed by atoms with E-state index in [0.717, 1.165) is 12.4 Å². The Hall–Kier alpha value is -1.56. The Labute approximate surface area is 90.4 Å². The first-order valence-corrected chi connectivity index (χ1v) is 5.28. The van der Waals surface area contributed by atoms with Gasteiger partial charge in [0.15, 0.2) is 0 Å². The van der Waals surface area contributed by atoms with Crippen molar-refractivity contribution in [2.75, 3.05) is 11.4 Å². The fraction of sp³-hybridized carbons (Fsp3) is 0.500. The number of pyridine rings is 1. The number of hydrogen-bond donors (Lipinski definition) is 0. The average molecular weight is 201 g/mol. The van der Waals surface area contributed by atoms with Gasteiger partial charge in [0.2, 0.25) is 0 Å². The summed E-state index contributed by atoms with van der Waals surface area (Å²) in [6, 6.07) is 7.70. The minimum atomic E-state index is 0.168. The molecule has 1 aromatic rings. The zero-order valence-corrected chi connectivity index (χ0v) is 9.20. The largest absolute Gasteiger partial charge is 0.351 e. The Balaban J connectivity index is 2.34. The van der Waals surface area contributed by atoms with Gasteiger partial charge in [0.05, 0.1) is 0 Å². The van der Waals surface area contributed by atoms with Gasteiger partial charge in [-0.05, 0) is 38.8 Å². The van der Waals surface area contributed by atoms with Crippen molar-refractivity contribution in [3.8, 4) is 6.07 Å². The molecule has 2 heterocycles. The van der Waals surface area contributed by atoms with Crippen LogP contribution in [-0.2, 0) is 0 Å².